The minimum absolute atomic E-state index is 0.00368. The monoisotopic (exact) mass is 378 g/mol. The van der Waals surface area contributed by atoms with Crippen LogP contribution in [0, 0.1) is 11.8 Å². The number of fused-ring (bicyclic) bond motifs is 1. The molecule has 0 saturated carbocycles. The molecule has 5 heteroatoms. The summed E-state index contributed by atoms with van der Waals surface area (Å²) in [4.78, 5) is 14.8. The number of benzene rings is 1. The van der Waals surface area contributed by atoms with Crippen LogP contribution in [0.3, 0.4) is 0 Å². The van der Waals surface area contributed by atoms with E-state index in [2.05, 4.69) is 46.6 Å². The molecular weight excluding hydrogens is 352 g/mol. The molecule has 3 aliphatic heterocycles. The highest BCUT2D eigenvalue weighted by atomic mass is 16.5. The van der Waals surface area contributed by atoms with Crippen molar-refractivity contribution in [3.05, 3.63) is 66.1 Å². The standard InChI is InChI=1S/C23H26N2O3/c26-22(18-9-12-27-15-18)24-13-19-20-14-25(16-23(20)10-8-21(19)28-23)11-4-7-17-5-2-1-3-6-17/h1-7,9,12,15,19-21H,8,10-11,13-14,16H2,(H,24,26)/t19-,20+,21+,23+/m0/s1. The summed E-state index contributed by atoms with van der Waals surface area (Å²) in [6.07, 6.45) is 10.00. The van der Waals surface area contributed by atoms with E-state index in [0.717, 1.165) is 32.5 Å². The van der Waals surface area contributed by atoms with Crippen molar-refractivity contribution in [3.63, 3.8) is 0 Å². The zero-order valence-corrected chi connectivity index (χ0v) is 15.9. The van der Waals surface area contributed by atoms with Crippen molar-refractivity contribution in [1.29, 1.82) is 0 Å². The maximum Gasteiger partial charge on any atom is 0.254 e. The van der Waals surface area contributed by atoms with Crippen molar-refractivity contribution in [2.75, 3.05) is 26.2 Å². The fourth-order valence-electron chi connectivity index (χ4n) is 5.31. The normalized spacial score (nSPS) is 31.5. The first kappa shape index (κ1) is 17.7. The molecule has 1 aromatic heterocycles. The number of nitrogens with zero attached hydrogens (tertiary/aromatic N) is 1. The van der Waals surface area contributed by atoms with Crippen LogP contribution in [-0.4, -0.2) is 48.7 Å². The largest absolute Gasteiger partial charge is 0.472 e. The van der Waals surface area contributed by atoms with Gasteiger partial charge < -0.3 is 14.5 Å². The molecule has 146 valence electrons. The number of rotatable bonds is 6. The maximum absolute atomic E-state index is 12.3. The summed E-state index contributed by atoms with van der Waals surface area (Å²) in [5.74, 6) is 0.833. The molecule has 5 rings (SSSR count). The van der Waals surface area contributed by atoms with Gasteiger partial charge in [-0.15, -0.1) is 0 Å². The quantitative estimate of drug-likeness (QED) is 0.839. The second kappa shape index (κ2) is 7.22. The Labute approximate surface area is 165 Å². The molecule has 2 bridgehead atoms. The van der Waals surface area contributed by atoms with Crippen LogP contribution < -0.4 is 5.32 Å². The minimum Gasteiger partial charge on any atom is -0.472 e. The predicted molar refractivity (Wildman–Crippen MR) is 107 cm³/mol. The SMILES string of the molecule is O=C(NC[C@H]1[C@H]2CN(CC=Cc3ccccc3)C[C@]23CC[C@H]1O3)c1ccoc1. The number of likely N-dealkylation sites (tertiary alicyclic amines) is 1. The highest BCUT2D eigenvalue weighted by Gasteiger charge is 2.62. The molecule has 5 nitrogen and oxygen atoms in total. The van der Waals surface area contributed by atoms with Gasteiger partial charge in [-0.3, -0.25) is 9.69 Å². The van der Waals surface area contributed by atoms with E-state index in [9.17, 15) is 4.79 Å². The van der Waals surface area contributed by atoms with E-state index in [1.165, 1.54) is 18.1 Å². The number of hydrogen-bond donors (Lipinski definition) is 1. The fraction of sp³-hybridized carbons (Fsp3) is 0.435. The molecule has 4 heterocycles. The van der Waals surface area contributed by atoms with Crippen LogP contribution in [0.15, 0.2) is 59.4 Å². The Balaban J connectivity index is 1.20. The molecule has 1 amide bonds. The summed E-state index contributed by atoms with van der Waals surface area (Å²) in [5, 5.41) is 3.09. The van der Waals surface area contributed by atoms with Crippen LogP contribution in [0.1, 0.15) is 28.8 Å². The Morgan fingerprint density at radius 2 is 2.18 bits per heavy atom. The van der Waals surface area contributed by atoms with Gasteiger partial charge in [-0.05, 0) is 24.5 Å². The third-order valence-corrected chi connectivity index (χ3v) is 6.61. The first-order valence-electron chi connectivity index (χ1n) is 10.2. The molecule has 0 unspecified atom stereocenters. The van der Waals surface area contributed by atoms with Crippen molar-refractivity contribution in [3.8, 4) is 0 Å². The molecule has 3 aliphatic rings. The Hall–Kier alpha value is -2.37. The predicted octanol–water partition coefficient (Wildman–Crippen LogP) is 3.20. The van der Waals surface area contributed by atoms with Crippen LogP contribution in [-0.2, 0) is 4.74 Å². The zero-order valence-electron chi connectivity index (χ0n) is 15.9. The molecule has 1 N–H and O–H groups in total. The molecule has 1 spiro atoms. The number of furan rings is 1. The van der Waals surface area contributed by atoms with Gasteiger partial charge in [0.2, 0.25) is 0 Å². The van der Waals surface area contributed by atoms with Crippen LogP contribution in [0.2, 0.25) is 0 Å². The third kappa shape index (κ3) is 3.19. The molecular formula is C23H26N2O3. The Morgan fingerprint density at radius 1 is 1.29 bits per heavy atom. The van der Waals surface area contributed by atoms with Gasteiger partial charge in [0.1, 0.15) is 6.26 Å². The lowest BCUT2D eigenvalue weighted by molar-refractivity contribution is 0.00366. The average Bonchev–Trinajstić information content (AvgIpc) is 3.48. The first-order valence-corrected chi connectivity index (χ1v) is 10.2. The molecule has 0 aliphatic carbocycles. The Kier molecular flexibility index (Phi) is 4.57. The van der Waals surface area contributed by atoms with Gasteiger partial charge >= 0.3 is 0 Å². The van der Waals surface area contributed by atoms with Crippen molar-refractivity contribution < 1.29 is 13.9 Å². The van der Waals surface area contributed by atoms with E-state index in [1.807, 2.05) is 6.07 Å². The highest BCUT2D eigenvalue weighted by molar-refractivity contribution is 5.93. The zero-order chi connectivity index (χ0) is 19.0. The summed E-state index contributed by atoms with van der Waals surface area (Å²) in [6, 6.07) is 12.1. The van der Waals surface area contributed by atoms with Crippen LogP contribution in [0.25, 0.3) is 6.08 Å². The molecule has 28 heavy (non-hydrogen) atoms. The van der Waals surface area contributed by atoms with E-state index in [-0.39, 0.29) is 17.6 Å². The number of nitrogens with one attached hydrogen (secondary N) is 1. The van der Waals surface area contributed by atoms with Crippen molar-refractivity contribution in [2.45, 2.75) is 24.5 Å². The summed E-state index contributed by atoms with van der Waals surface area (Å²) >= 11 is 0. The van der Waals surface area contributed by atoms with E-state index in [4.69, 9.17) is 9.15 Å². The number of carbonyl (C=O) groups is 1. The van der Waals surface area contributed by atoms with Crippen LogP contribution in [0.4, 0.5) is 0 Å². The second-order valence-electron chi connectivity index (χ2n) is 8.26. The minimum atomic E-state index is -0.0637. The van der Waals surface area contributed by atoms with Crippen LogP contribution in [0.5, 0.6) is 0 Å². The summed E-state index contributed by atoms with van der Waals surface area (Å²) in [6.45, 7) is 3.66. The fourth-order valence-corrected chi connectivity index (χ4v) is 5.31. The molecule has 3 fully saturated rings. The molecule has 1 aromatic carbocycles. The second-order valence-corrected chi connectivity index (χ2v) is 8.26. The van der Waals surface area contributed by atoms with Gasteiger partial charge in [-0.2, -0.15) is 0 Å². The van der Waals surface area contributed by atoms with Gasteiger partial charge in [-0.1, -0.05) is 42.5 Å². The van der Waals surface area contributed by atoms with Gasteiger partial charge in [0.25, 0.3) is 5.91 Å². The van der Waals surface area contributed by atoms with Gasteiger partial charge in [0, 0.05) is 38.0 Å². The van der Waals surface area contributed by atoms with Gasteiger partial charge in [-0.25, -0.2) is 0 Å². The van der Waals surface area contributed by atoms with Crippen LogP contribution >= 0.6 is 0 Å². The molecule has 2 aromatic rings. The Morgan fingerprint density at radius 3 is 3.00 bits per heavy atom. The molecule has 4 atom stereocenters. The number of carbonyl (C=O) groups excluding carboxylic acids is 1. The highest BCUT2D eigenvalue weighted by Crippen LogP contribution is 2.54. The summed E-state index contributed by atoms with van der Waals surface area (Å²) in [5.41, 5.74) is 1.81. The lowest BCUT2D eigenvalue weighted by Gasteiger charge is -2.29. The lowest BCUT2D eigenvalue weighted by atomic mass is 9.73. The number of hydrogen-bond acceptors (Lipinski definition) is 4. The van der Waals surface area contributed by atoms with E-state index < -0.39 is 0 Å². The van der Waals surface area contributed by atoms with Crippen molar-refractivity contribution in [1.82, 2.24) is 10.2 Å². The van der Waals surface area contributed by atoms with Gasteiger partial charge in [0.15, 0.2) is 0 Å². The van der Waals surface area contributed by atoms with Crippen molar-refractivity contribution >= 4 is 12.0 Å². The molecule has 3 saturated heterocycles. The summed E-state index contributed by atoms with van der Waals surface area (Å²) in [7, 11) is 0. The molecule has 0 radical (unpaired) electrons. The number of amides is 1. The van der Waals surface area contributed by atoms with E-state index in [0.29, 0.717) is 23.9 Å². The Bertz CT molecular complexity index is 848. The summed E-state index contributed by atoms with van der Waals surface area (Å²) < 4.78 is 11.5. The first-order chi connectivity index (χ1) is 13.7. The average molecular weight is 378 g/mol. The third-order valence-electron chi connectivity index (χ3n) is 6.61. The van der Waals surface area contributed by atoms with E-state index in [1.54, 1.807) is 6.07 Å². The van der Waals surface area contributed by atoms with Gasteiger partial charge in [0.05, 0.1) is 23.5 Å². The topological polar surface area (TPSA) is 54.7 Å². The van der Waals surface area contributed by atoms with E-state index >= 15 is 0 Å². The van der Waals surface area contributed by atoms with Crippen molar-refractivity contribution in [2.24, 2.45) is 11.8 Å². The lowest BCUT2D eigenvalue weighted by Crippen LogP contribution is -2.41. The smallest absolute Gasteiger partial charge is 0.254 e. The number of ether oxygens (including phenoxy) is 1. The maximum atomic E-state index is 12.3.